The molecule has 5 rings (SSSR count). The highest BCUT2D eigenvalue weighted by Crippen LogP contribution is 2.28. The fourth-order valence-electron chi connectivity index (χ4n) is 3.61. The number of benzene rings is 2. The van der Waals surface area contributed by atoms with Crippen LogP contribution in [0.5, 0.6) is 0 Å². The van der Waals surface area contributed by atoms with Gasteiger partial charge in [0.2, 0.25) is 0 Å². The lowest BCUT2D eigenvalue weighted by Gasteiger charge is -2.13. The summed E-state index contributed by atoms with van der Waals surface area (Å²) in [7, 11) is 0. The molecule has 1 unspecified atom stereocenters. The second-order valence-corrected chi connectivity index (χ2v) is 6.72. The Morgan fingerprint density at radius 2 is 1.86 bits per heavy atom. The van der Waals surface area contributed by atoms with Gasteiger partial charge in [-0.1, -0.05) is 48.5 Å². The number of aromatic amines is 1. The van der Waals surface area contributed by atoms with Gasteiger partial charge in [0.25, 0.3) is 0 Å². The fourth-order valence-corrected chi connectivity index (χ4v) is 3.61. The molecule has 0 aliphatic carbocycles. The number of fused-ring (bicyclic) bond motifs is 2. The van der Waals surface area contributed by atoms with E-state index in [1.807, 2.05) is 67.7 Å². The fraction of sp³-hybridized carbons (Fsp3) is 0.0909. The summed E-state index contributed by atoms with van der Waals surface area (Å²) >= 11 is 0. The van der Waals surface area contributed by atoms with Crippen LogP contribution in [-0.4, -0.2) is 24.5 Å². The van der Waals surface area contributed by atoms with Crippen molar-refractivity contribution in [1.82, 2.24) is 24.5 Å². The van der Waals surface area contributed by atoms with Crippen LogP contribution < -0.4 is 5.69 Å². The van der Waals surface area contributed by atoms with Gasteiger partial charge in [0, 0.05) is 23.3 Å². The van der Waals surface area contributed by atoms with E-state index < -0.39 is 0 Å². The lowest BCUT2D eigenvalue weighted by atomic mass is 10.0. The molecule has 0 saturated heterocycles. The molecular weight excluding hydrogens is 350 g/mol. The predicted molar refractivity (Wildman–Crippen MR) is 109 cm³/mol. The highest BCUT2D eigenvalue weighted by molar-refractivity contribution is 5.95. The topological polar surface area (TPSA) is 76.5 Å². The molecule has 136 valence electrons. The molecule has 0 saturated carbocycles. The average Bonchev–Trinajstić information content (AvgIpc) is 3.08. The van der Waals surface area contributed by atoms with E-state index in [-0.39, 0.29) is 11.7 Å². The molecule has 0 spiro atoms. The van der Waals surface area contributed by atoms with Crippen molar-refractivity contribution in [3.8, 4) is 11.3 Å². The number of nitrogens with one attached hydrogen (secondary N) is 1. The molecule has 0 aliphatic rings. The maximum Gasteiger partial charge on any atom is 0.329 e. The number of pyridine rings is 1. The number of hydrogen-bond donors (Lipinski definition) is 1. The van der Waals surface area contributed by atoms with E-state index >= 15 is 0 Å². The van der Waals surface area contributed by atoms with E-state index in [0.717, 1.165) is 27.6 Å². The van der Waals surface area contributed by atoms with Crippen LogP contribution in [0.15, 0.2) is 78.0 Å². The maximum atomic E-state index is 12.6. The standard InChI is InChI=1S/C22H17N5O/c1-14(15-6-3-2-4-7-15)27-21-20(26-22(27)28)24-13-19(25-21)18-9-5-8-16-12-23-11-10-17(16)18/h2-14H,1H3,(H,24,26,28). The van der Waals surface area contributed by atoms with E-state index in [4.69, 9.17) is 4.98 Å². The molecule has 3 aromatic heterocycles. The average molecular weight is 367 g/mol. The number of aromatic nitrogens is 5. The molecule has 1 N–H and O–H groups in total. The minimum atomic E-state index is -0.217. The number of nitrogens with zero attached hydrogens (tertiary/aromatic N) is 4. The Hall–Kier alpha value is -3.80. The maximum absolute atomic E-state index is 12.6. The van der Waals surface area contributed by atoms with E-state index in [2.05, 4.69) is 15.0 Å². The van der Waals surface area contributed by atoms with Crippen molar-refractivity contribution in [1.29, 1.82) is 0 Å². The van der Waals surface area contributed by atoms with Crippen LogP contribution in [0.1, 0.15) is 18.5 Å². The molecule has 0 amide bonds. The van der Waals surface area contributed by atoms with Crippen molar-refractivity contribution in [2.24, 2.45) is 0 Å². The molecule has 3 heterocycles. The third-order valence-corrected chi connectivity index (χ3v) is 5.05. The summed E-state index contributed by atoms with van der Waals surface area (Å²) in [5.74, 6) is 0. The Labute approximate surface area is 160 Å². The summed E-state index contributed by atoms with van der Waals surface area (Å²) < 4.78 is 1.66. The third-order valence-electron chi connectivity index (χ3n) is 5.05. The molecule has 0 aliphatic heterocycles. The van der Waals surface area contributed by atoms with Gasteiger partial charge >= 0.3 is 5.69 Å². The molecule has 28 heavy (non-hydrogen) atoms. The quantitative estimate of drug-likeness (QED) is 0.524. The molecule has 6 heteroatoms. The van der Waals surface area contributed by atoms with Crippen LogP contribution in [0.3, 0.4) is 0 Å². The predicted octanol–water partition coefficient (Wildman–Crippen LogP) is 3.94. The third kappa shape index (κ3) is 2.58. The van der Waals surface area contributed by atoms with Crippen LogP contribution >= 0.6 is 0 Å². The lowest BCUT2D eigenvalue weighted by Crippen LogP contribution is -2.21. The van der Waals surface area contributed by atoms with Gasteiger partial charge in [0.1, 0.15) is 0 Å². The second kappa shape index (κ2) is 6.42. The summed E-state index contributed by atoms with van der Waals surface area (Å²) in [5.41, 5.74) is 3.53. The monoisotopic (exact) mass is 367 g/mol. The van der Waals surface area contributed by atoms with Gasteiger partial charge in [0.15, 0.2) is 11.3 Å². The van der Waals surface area contributed by atoms with E-state index in [0.29, 0.717) is 11.3 Å². The first-order valence-electron chi connectivity index (χ1n) is 9.08. The van der Waals surface area contributed by atoms with E-state index in [9.17, 15) is 4.79 Å². The molecule has 2 aromatic carbocycles. The first-order valence-corrected chi connectivity index (χ1v) is 9.08. The van der Waals surface area contributed by atoms with Gasteiger partial charge in [-0.25, -0.2) is 14.8 Å². The van der Waals surface area contributed by atoms with Gasteiger partial charge in [-0.05, 0) is 23.9 Å². The Balaban J connectivity index is 1.72. The lowest BCUT2D eigenvalue weighted by molar-refractivity contribution is 0.631. The Morgan fingerprint density at radius 1 is 1.00 bits per heavy atom. The normalized spacial score (nSPS) is 12.5. The number of imidazole rings is 1. The number of H-pyrrole nitrogens is 1. The van der Waals surface area contributed by atoms with Crippen molar-refractivity contribution in [3.05, 3.63) is 89.2 Å². The Bertz CT molecular complexity index is 1350. The first kappa shape index (κ1) is 16.4. The van der Waals surface area contributed by atoms with Crippen LogP contribution in [0, 0.1) is 0 Å². The van der Waals surface area contributed by atoms with Crippen LogP contribution in [0.2, 0.25) is 0 Å². The van der Waals surface area contributed by atoms with Crippen LogP contribution in [0.25, 0.3) is 33.3 Å². The molecular formula is C22H17N5O. The smallest absolute Gasteiger partial charge is 0.289 e. The largest absolute Gasteiger partial charge is 0.329 e. The molecule has 0 fully saturated rings. The molecule has 0 bridgehead atoms. The summed E-state index contributed by atoms with van der Waals surface area (Å²) in [6.07, 6.45) is 5.29. The molecule has 5 aromatic rings. The van der Waals surface area contributed by atoms with Gasteiger partial charge in [0.05, 0.1) is 17.9 Å². The summed E-state index contributed by atoms with van der Waals surface area (Å²) in [4.78, 5) is 28.9. The van der Waals surface area contributed by atoms with Crippen LogP contribution in [-0.2, 0) is 0 Å². The zero-order valence-corrected chi connectivity index (χ0v) is 15.2. The minimum absolute atomic E-state index is 0.163. The second-order valence-electron chi connectivity index (χ2n) is 6.72. The van der Waals surface area contributed by atoms with Crippen molar-refractivity contribution < 1.29 is 0 Å². The van der Waals surface area contributed by atoms with Crippen molar-refractivity contribution in [2.75, 3.05) is 0 Å². The summed E-state index contributed by atoms with van der Waals surface area (Å²) in [6, 6.07) is 17.7. The molecule has 1 atom stereocenters. The number of rotatable bonds is 3. The van der Waals surface area contributed by atoms with Gasteiger partial charge in [-0.15, -0.1) is 0 Å². The van der Waals surface area contributed by atoms with E-state index in [1.54, 1.807) is 17.0 Å². The van der Waals surface area contributed by atoms with Crippen molar-refractivity contribution in [3.63, 3.8) is 0 Å². The Morgan fingerprint density at radius 3 is 2.71 bits per heavy atom. The van der Waals surface area contributed by atoms with E-state index in [1.165, 1.54) is 0 Å². The van der Waals surface area contributed by atoms with Gasteiger partial charge < -0.3 is 0 Å². The van der Waals surface area contributed by atoms with Gasteiger partial charge in [-0.2, -0.15) is 0 Å². The highest BCUT2D eigenvalue weighted by atomic mass is 16.1. The first-order chi connectivity index (χ1) is 13.7. The van der Waals surface area contributed by atoms with Crippen LogP contribution in [0.4, 0.5) is 0 Å². The van der Waals surface area contributed by atoms with Crippen molar-refractivity contribution in [2.45, 2.75) is 13.0 Å². The highest BCUT2D eigenvalue weighted by Gasteiger charge is 2.18. The minimum Gasteiger partial charge on any atom is -0.289 e. The zero-order valence-electron chi connectivity index (χ0n) is 15.2. The number of hydrogen-bond acceptors (Lipinski definition) is 4. The molecule has 0 radical (unpaired) electrons. The van der Waals surface area contributed by atoms with Gasteiger partial charge in [-0.3, -0.25) is 14.5 Å². The summed E-state index contributed by atoms with van der Waals surface area (Å²) in [5, 5.41) is 2.08. The summed E-state index contributed by atoms with van der Waals surface area (Å²) in [6.45, 7) is 1.99. The van der Waals surface area contributed by atoms with Crippen molar-refractivity contribution >= 4 is 22.1 Å². The SMILES string of the molecule is CC(c1ccccc1)n1c(=O)[nH]c2ncc(-c3cccc4cnccc34)nc21. The molecule has 6 nitrogen and oxygen atoms in total. The Kier molecular flexibility index (Phi) is 3.76. The zero-order chi connectivity index (χ0) is 19.1.